The molecule has 21 heavy (non-hydrogen) atoms. The van der Waals surface area contributed by atoms with Crippen LogP contribution in [0.5, 0.6) is 0 Å². The van der Waals surface area contributed by atoms with Gasteiger partial charge in [-0.1, -0.05) is 0 Å². The van der Waals surface area contributed by atoms with E-state index in [2.05, 4.69) is 26.3 Å². The Kier molecular flexibility index (Phi) is 5.75. The normalized spacial score (nSPS) is 12.4. The summed E-state index contributed by atoms with van der Waals surface area (Å²) in [6, 6.07) is 0. The Morgan fingerprint density at radius 2 is 2.05 bits per heavy atom. The maximum atomic E-state index is 12.2. The van der Waals surface area contributed by atoms with Gasteiger partial charge in [-0.25, -0.2) is 18.2 Å². The van der Waals surface area contributed by atoms with Gasteiger partial charge in [0.25, 0.3) is 5.56 Å². The lowest BCUT2D eigenvalue weighted by molar-refractivity contribution is -0.143. The Labute approximate surface area is 126 Å². The van der Waals surface area contributed by atoms with E-state index in [0.29, 0.717) is 0 Å². The van der Waals surface area contributed by atoms with Crippen LogP contribution in [-0.4, -0.2) is 36.7 Å². The zero-order valence-corrected chi connectivity index (χ0v) is 12.9. The molecule has 0 spiro atoms. The number of halogens is 4. The smallest absolute Gasteiger partial charge is 0.383 e. The van der Waals surface area contributed by atoms with Gasteiger partial charge in [-0.05, 0) is 22.4 Å². The van der Waals surface area contributed by atoms with Crippen LogP contribution in [0, 0.1) is 0 Å². The quantitative estimate of drug-likeness (QED) is 0.691. The van der Waals surface area contributed by atoms with Crippen molar-refractivity contribution in [1.82, 2.24) is 9.78 Å². The molecule has 1 aromatic rings. The molecule has 0 amide bonds. The highest BCUT2D eigenvalue weighted by Gasteiger charge is 2.29. The number of primary sulfonamides is 1. The first-order valence-electron chi connectivity index (χ1n) is 5.56. The second kappa shape index (κ2) is 6.75. The molecular weight excluding hydrogens is 381 g/mol. The predicted molar refractivity (Wildman–Crippen MR) is 73.3 cm³/mol. The first kappa shape index (κ1) is 17.9. The molecular formula is C9H12BrF3N4O3S. The number of alkyl halides is 3. The van der Waals surface area contributed by atoms with Crippen LogP contribution in [0.3, 0.4) is 0 Å². The molecule has 1 heterocycles. The van der Waals surface area contributed by atoms with Crippen molar-refractivity contribution in [3.05, 3.63) is 21.0 Å². The van der Waals surface area contributed by atoms with E-state index < -0.39 is 28.3 Å². The molecule has 120 valence electrons. The topological polar surface area (TPSA) is 107 Å². The molecule has 0 aliphatic rings. The largest absolute Gasteiger partial charge is 0.408 e. The molecule has 7 nitrogen and oxygen atoms in total. The minimum atomic E-state index is -4.55. The van der Waals surface area contributed by atoms with Crippen LogP contribution in [0.2, 0.25) is 0 Å². The molecule has 0 aliphatic heterocycles. The lowest BCUT2D eigenvalue weighted by Gasteiger charge is -2.11. The van der Waals surface area contributed by atoms with Crippen LogP contribution in [0.1, 0.15) is 6.42 Å². The molecule has 0 radical (unpaired) electrons. The summed E-state index contributed by atoms with van der Waals surface area (Å²) in [4.78, 5) is 11.7. The standard InChI is InChI=1S/C9H12BrF3N4O3S/c10-7-6(15-2-1-3-21(14,19)20)4-16-17(8(7)18)5-9(11,12)13/h4,15H,1-3,5H2,(H2,14,19,20). The van der Waals surface area contributed by atoms with Crippen LogP contribution in [-0.2, 0) is 16.6 Å². The summed E-state index contributed by atoms with van der Waals surface area (Å²) in [5, 5.41) is 10.9. The zero-order valence-electron chi connectivity index (χ0n) is 10.5. The van der Waals surface area contributed by atoms with Crippen molar-refractivity contribution in [2.75, 3.05) is 17.6 Å². The lowest BCUT2D eigenvalue weighted by Crippen LogP contribution is -2.31. The molecule has 0 saturated carbocycles. The highest BCUT2D eigenvalue weighted by atomic mass is 79.9. The van der Waals surface area contributed by atoms with Crippen LogP contribution in [0.4, 0.5) is 18.9 Å². The third kappa shape index (κ3) is 6.44. The van der Waals surface area contributed by atoms with E-state index in [1.165, 1.54) is 0 Å². The second-order valence-corrected chi connectivity index (χ2v) is 6.62. The average Bonchev–Trinajstić information content (AvgIpc) is 2.30. The molecule has 0 aliphatic carbocycles. The second-order valence-electron chi connectivity index (χ2n) is 4.10. The molecule has 0 bridgehead atoms. The molecule has 0 saturated heterocycles. The third-order valence-corrected chi connectivity index (χ3v) is 3.86. The Hall–Kier alpha value is -1.14. The summed E-state index contributed by atoms with van der Waals surface area (Å²) in [7, 11) is -3.58. The maximum absolute atomic E-state index is 12.2. The minimum Gasteiger partial charge on any atom is -0.383 e. The van der Waals surface area contributed by atoms with Crippen molar-refractivity contribution < 1.29 is 21.6 Å². The fourth-order valence-electron chi connectivity index (χ4n) is 1.37. The van der Waals surface area contributed by atoms with Gasteiger partial charge in [0.05, 0.1) is 17.6 Å². The van der Waals surface area contributed by atoms with E-state index in [1.807, 2.05) is 0 Å². The van der Waals surface area contributed by atoms with Gasteiger partial charge in [-0.15, -0.1) is 0 Å². The number of aromatic nitrogens is 2. The molecule has 1 aromatic heterocycles. The summed E-state index contributed by atoms with van der Waals surface area (Å²) in [5.41, 5.74) is -0.767. The van der Waals surface area contributed by atoms with Crippen molar-refractivity contribution in [2.45, 2.75) is 19.1 Å². The number of nitrogens with zero attached hydrogens (tertiary/aromatic N) is 2. The minimum absolute atomic E-state index is 0.114. The first-order valence-corrected chi connectivity index (χ1v) is 8.07. The predicted octanol–water partition coefficient (Wildman–Crippen LogP) is 0.659. The molecule has 0 atom stereocenters. The number of anilines is 1. The van der Waals surface area contributed by atoms with E-state index in [9.17, 15) is 26.4 Å². The van der Waals surface area contributed by atoms with Crippen molar-refractivity contribution in [3.8, 4) is 0 Å². The Morgan fingerprint density at radius 1 is 1.43 bits per heavy atom. The monoisotopic (exact) mass is 392 g/mol. The van der Waals surface area contributed by atoms with E-state index >= 15 is 0 Å². The first-order chi connectivity index (χ1) is 9.49. The number of nitrogens with two attached hydrogens (primary N) is 1. The van der Waals surface area contributed by atoms with Gasteiger partial charge in [0.1, 0.15) is 11.0 Å². The summed E-state index contributed by atoms with van der Waals surface area (Å²) in [6.45, 7) is -1.32. The van der Waals surface area contributed by atoms with Gasteiger partial charge in [-0.3, -0.25) is 4.79 Å². The number of nitrogens with one attached hydrogen (secondary N) is 1. The summed E-state index contributed by atoms with van der Waals surface area (Å²) < 4.78 is 58.2. The molecule has 0 unspecified atom stereocenters. The summed E-state index contributed by atoms with van der Waals surface area (Å²) in [5.74, 6) is -0.254. The molecule has 1 rings (SSSR count). The fourth-order valence-corrected chi connectivity index (χ4v) is 2.36. The van der Waals surface area contributed by atoms with E-state index in [4.69, 9.17) is 5.14 Å². The zero-order chi connectivity index (χ0) is 16.3. The number of sulfonamides is 1. The molecule has 0 aromatic carbocycles. The highest BCUT2D eigenvalue weighted by molar-refractivity contribution is 9.10. The molecule has 0 fully saturated rings. The van der Waals surface area contributed by atoms with E-state index in [-0.39, 0.29) is 33.6 Å². The Morgan fingerprint density at radius 3 is 2.57 bits per heavy atom. The van der Waals surface area contributed by atoms with Gasteiger partial charge in [0.15, 0.2) is 0 Å². The summed E-state index contributed by atoms with van der Waals surface area (Å²) >= 11 is 2.88. The van der Waals surface area contributed by atoms with Gasteiger partial charge < -0.3 is 5.32 Å². The fraction of sp³-hybridized carbons (Fsp3) is 0.556. The number of rotatable bonds is 6. The Bertz CT molecular complexity index is 659. The molecule has 12 heteroatoms. The van der Waals surface area contributed by atoms with Crippen molar-refractivity contribution in [3.63, 3.8) is 0 Å². The number of hydrogen-bond donors (Lipinski definition) is 2. The van der Waals surface area contributed by atoms with Crippen LogP contribution in [0.15, 0.2) is 15.5 Å². The van der Waals surface area contributed by atoms with Gasteiger partial charge >= 0.3 is 6.18 Å². The van der Waals surface area contributed by atoms with Gasteiger partial charge in [0, 0.05) is 6.54 Å². The summed E-state index contributed by atoms with van der Waals surface area (Å²) in [6.07, 6.45) is -3.33. The van der Waals surface area contributed by atoms with Gasteiger partial charge in [-0.2, -0.15) is 18.3 Å². The van der Waals surface area contributed by atoms with Crippen molar-refractivity contribution in [2.24, 2.45) is 5.14 Å². The van der Waals surface area contributed by atoms with E-state index in [0.717, 1.165) is 6.20 Å². The highest BCUT2D eigenvalue weighted by Crippen LogP contribution is 2.19. The van der Waals surface area contributed by atoms with Crippen LogP contribution in [0.25, 0.3) is 0 Å². The maximum Gasteiger partial charge on any atom is 0.408 e. The molecule has 3 N–H and O–H groups in total. The van der Waals surface area contributed by atoms with Crippen molar-refractivity contribution >= 4 is 31.6 Å². The SMILES string of the molecule is NS(=O)(=O)CCCNc1cnn(CC(F)(F)F)c(=O)c1Br. The average molecular weight is 393 g/mol. The van der Waals surface area contributed by atoms with Crippen LogP contribution < -0.4 is 16.0 Å². The van der Waals surface area contributed by atoms with Gasteiger partial charge in [0.2, 0.25) is 10.0 Å². The van der Waals surface area contributed by atoms with Crippen molar-refractivity contribution in [1.29, 1.82) is 0 Å². The number of hydrogen-bond acceptors (Lipinski definition) is 5. The Balaban J connectivity index is 2.74. The van der Waals surface area contributed by atoms with E-state index in [1.54, 1.807) is 0 Å². The lowest BCUT2D eigenvalue weighted by atomic mass is 10.4. The van der Waals surface area contributed by atoms with Crippen LogP contribution >= 0.6 is 15.9 Å². The third-order valence-electron chi connectivity index (χ3n) is 2.24.